The fourth-order valence-electron chi connectivity index (χ4n) is 0.751. The van der Waals surface area contributed by atoms with Gasteiger partial charge in [-0.05, 0) is 18.2 Å². The minimum Gasteiger partial charge on any atom is -0.508 e. The molecule has 0 amide bonds. The van der Waals surface area contributed by atoms with Crippen molar-refractivity contribution in [1.82, 2.24) is 0 Å². The summed E-state index contributed by atoms with van der Waals surface area (Å²) in [4.78, 5) is 10.8. The molecule has 59 valence electrons. The minimum atomic E-state index is -0.444. The van der Waals surface area contributed by atoms with Crippen molar-refractivity contribution in [2.24, 2.45) is 0 Å². The third-order valence-electron chi connectivity index (χ3n) is 1.27. The van der Waals surface area contributed by atoms with Gasteiger partial charge in [0.05, 0.1) is 12.7 Å². The summed E-state index contributed by atoms with van der Waals surface area (Å²) in [5.74, 6) is -0.381. The molecule has 3 nitrogen and oxygen atoms in total. The van der Waals surface area contributed by atoms with Crippen molar-refractivity contribution in [1.29, 1.82) is 0 Å². The zero-order chi connectivity index (χ0) is 8.27. The van der Waals surface area contributed by atoms with E-state index in [1.165, 1.54) is 19.2 Å². The zero-order valence-corrected chi connectivity index (χ0v) is 9.07. The first-order valence-corrected chi connectivity index (χ1v) is 3.11. The van der Waals surface area contributed by atoms with E-state index in [2.05, 4.69) is 4.74 Å². The van der Waals surface area contributed by atoms with Crippen LogP contribution in [0.3, 0.4) is 0 Å². The predicted molar refractivity (Wildman–Crippen MR) is 45.2 cm³/mol. The number of ether oxygens (including phenoxy) is 1. The number of phenolic OH excluding ortho intramolecular Hbond substituents is 1. The molecule has 0 bridgehead atoms. The van der Waals surface area contributed by atoms with Crippen LogP contribution in [-0.4, -0.2) is 47.7 Å². The van der Waals surface area contributed by atoms with Gasteiger partial charge in [-0.1, -0.05) is 6.07 Å². The number of aromatic hydroxyl groups is 1. The topological polar surface area (TPSA) is 46.5 Å². The Kier molecular flexibility index (Phi) is 4.97. The van der Waals surface area contributed by atoms with Gasteiger partial charge in [0, 0.05) is 29.6 Å². The monoisotopic (exact) mass is 175 g/mol. The molecule has 1 rings (SSSR count). The maximum atomic E-state index is 10.8. The van der Waals surface area contributed by atoms with Gasteiger partial charge in [0.1, 0.15) is 5.75 Å². The van der Waals surface area contributed by atoms with E-state index in [0.29, 0.717) is 5.56 Å². The standard InChI is InChI=1S/C8H8O3.Na/c1-11-8(10)6-3-2-4-7(9)5-6;/h2-5,9H,1H3;. The van der Waals surface area contributed by atoms with Crippen molar-refractivity contribution in [3.63, 3.8) is 0 Å². The Morgan fingerprint density at radius 2 is 2.17 bits per heavy atom. The Bertz CT molecular complexity index is 273. The van der Waals surface area contributed by atoms with E-state index in [4.69, 9.17) is 5.11 Å². The molecule has 0 aliphatic heterocycles. The quantitative estimate of drug-likeness (QED) is 0.507. The van der Waals surface area contributed by atoms with Gasteiger partial charge in [0.2, 0.25) is 0 Å². The third-order valence-corrected chi connectivity index (χ3v) is 1.27. The number of phenols is 1. The first-order chi connectivity index (χ1) is 5.24. The summed E-state index contributed by atoms with van der Waals surface area (Å²) < 4.78 is 4.44. The largest absolute Gasteiger partial charge is 0.508 e. The Hall–Kier alpha value is -0.510. The van der Waals surface area contributed by atoms with Crippen LogP contribution in [0.25, 0.3) is 0 Å². The van der Waals surface area contributed by atoms with Crippen molar-refractivity contribution in [2.45, 2.75) is 0 Å². The number of carbonyl (C=O) groups excluding carboxylic acids is 1. The molecule has 0 heterocycles. The van der Waals surface area contributed by atoms with E-state index >= 15 is 0 Å². The molecule has 0 fully saturated rings. The van der Waals surface area contributed by atoms with E-state index in [-0.39, 0.29) is 35.3 Å². The fraction of sp³-hybridized carbons (Fsp3) is 0.125. The average Bonchev–Trinajstić information content (AvgIpc) is 2.03. The van der Waals surface area contributed by atoms with E-state index < -0.39 is 5.97 Å². The molecule has 0 saturated carbocycles. The first-order valence-electron chi connectivity index (χ1n) is 3.11. The van der Waals surface area contributed by atoms with E-state index in [0.717, 1.165) is 0 Å². The van der Waals surface area contributed by atoms with Crippen LogP contribution in [0, 0.1) is 0 Å². The van der Waals surface area contributed by atoms with Crippen molar-refractivity contribution in [3.05, 3.63) is 29.8 Å². The molecule has 0 aliphatic carbocycles. The van der Waals surface area contributed by atoms with Gasteiger partial charge in [-0.3, -0.25) is 0 Å². The molecule has 1 aromatic carbocycles. The van der Waals surface area contributed by atoms with Crippen molar-refractivity contribution < 1.29 is 14.6 Å². The van der Waals surface area contributed by atoms with Gasteiger partial charge in [-0.25, -0.2) is 4.79 Å². The van der Waals surface area contributed by atoms with Gasteiger partial charge in [0.15, 0.2) is 0 Å². The maximum absolute atomic E-state index is 10.8. The van der Waals surface area contributed by atoms with Gasteiger partial charge < -0.3 is 9.84 Å². The summed E-state index contributed by atoms with van der Waals surface area (Å²) in [5, 5.41) is 8.95. The number of rotatable bonds is 1. The number of carbonyl (C=O) groups is 1. The summed E-state index contributed by atoms with van der Waals surface area (Å²) in [6, 6.07) is 6.01. The minimum absolute atomic E-state index is 0. The molecule has 12 heavy (non-hydrogen) atoms. The smallest absolute Gasteiger partial charge is 0.337 e. The summed E-state index contributed by atoms with van der Waals surface area (Å²) in [6.07, 6.45) is 0. The Morgan fingerprint density at radius 1 is 1.50 bits per heavy atom. The van der Waals surface area contributed by atoms with E-state index in [1.807, 2.05) is 0 Å². The van der Waals surface area contributed by atoms with Crippen LogP contribution in [0.1, 0.15) is 10.4 Å². The molecule has 0 aromatic heterocycles. The molecule has 1 N–H and O–H groups in total. The van der Waals surface area contributed by atoms with Crippen LogP contribution in [0.15, 0.2) is 24.3 Å². The molecule has 0 saturated heterocycles. The second-order valence-corrected chi connectivity index (χ2v) is 2.04. The Labute approximate surface area is 92.6 Å². The van der Waals surface area contributed by atoms with Gasteiger partial charge >= 0.3 is 5.97 Å². The summed E-state index contributed by atoms with van der Waals surface area (Å²) >= 11 is 0. The Morgan fingerprint density at radius 3 is 2.67 bits per heavy atom. The van der Waals surface area contributed by atoms with Crippen LogP contribution >= 0.6 is 0 Å². The van der Waals surface area contributed by atoms with Crippen LogP contribution in [-0.2, 0) is 4.74 Å². The number of hydrogen-bond acceptors (Lipinski definition) is 3. The second-order valence-electron chi connectivity index (χ2n) is 2.04. The van der Waals surface area contributed by atoms with E-state index in [9.17, 15) is 4.79 Å². The third kappa shape index (κ3) is 2.85. The molecule has 4 heteroatoms. The van der Waals surface area contributed by atoms with Crippen LogP contribution in [0.2, 0.25) is 0 Å². The van der Waals surface area contributed by atoms with Crippen molar-refractivity contribution in [3.8, 4) is 5.75 Å². The average molecular weight is 175 g/mol. The Balaban J connectivity index is 0.00000121. The zero-order valence-electron chi connectivity index (χ0n) is 7.07. The van der Waals surface area contributed by atoms with Gasteiger partial charge in [0.25, 0.3) is 0 Å². The summed E-state index contributed by atoms with van der Waals surface area (Å²) in [5.41, 5.74) is 0.354. The normalized spacial score (nSPS) is 8.42. The SMILES string of the molecule is COC(=O)c1cccc(O)c1.[Na]. The van der Waals surface area contributed by atoms with Gasteiger partial charge in [-0.15, -0.1) is 0 Å². The fourth-order valence-corrected chi connectivity index (χ4v) is 0.751. The molecule has 1 radical (unpaired) electrons. The van der Waals surface area contributed by atoms with Gasteiger partial charge in [-0.2, -0.15) is 0 Å². The molecular formula is C8H8NaO3. The summed E-state index contributed by atoms with van der Waals surface area (Å²) in [7, 11) is 1.30. The number of esters is 1. The molecule has 0 atom stereocenters. The molecular weight excluding hydrogens is 167 g/mol. The van der Waals surface area contributed by atoms with Crippen molar-refractivity contribution in [2.75, 3.05) is 7.11 Å². The maximum Gasteiger partial charge on any atom is 0.337 e. The van der Waals surface area contributed by atoms with Crippen LogP contribution in [0.4, 0.5) is 0 Å². The van der Waals surface area contributed by atoms with Crippen LogP contribution in [0.5, 0.6) is 5.75 Å². The predicted octanol–water partition coefficient (Wildman–Crippen LogP) is 0.798. The van der Waals surface area contributed by atoms with E-state index in [1.54, 1.807) is 12.1 Å². The first kappa shape index (κ1) is 11.5. The molecule has 0 unspecified atom stereocenters. The molecule has 1 aromatic rings. The molecule has 0 spiro atoms. The van der Waals surface area contributed by atoms with Crippen molar-refractivity contribution >= 4 is 35.5 Å². The molecule has 0 aliphatic rings. The second kappa shape index (κ2) is 5.19. The number of methoxy groups -OCH3 is 1. The van der Waals surface area contributed by atoms with Crippen LogP contribution < -0.4 is 0 Å². The summed E-state index contributed by atoms with van der Waals surface area (Å²) in [6.45, 7) is 0. The number of benzene rings is 1. The number of hydrogen-bond donors (Lipinski definition) is 1.